The third kappa shape index (κ3) is 4.29. The van der Waals surface area contributed by atoms with Crippen LogP contribution in [0.3, 0.4) is 0 Å². The van der Waals surface area contributed by atoms with Gasteiger partial charge in [0.1, 0.15) is 4.90 Å². The molecule has 7 heteroatoms. The Balaban J connectivity index is 1.92. The van der Waals surface area contributed by atoms with Gasteiger partial charge < -0.3 is 5.32 Å². The molecule has 1 heterocycles. The van der Waals surface area contributed by atoms with Crippen LogP contribution in [0.25, 0.3) is 0 Å². The summed E-state index contributed by atoms with van der Waals surface area (Å²) in [5.41, 5.74) is 0. The van der Waals surface area contributed by atoms with Gasteiger partial charge in [0.2, 0.25) is 10.0 Å². The number of rotatable bonds is 8. The van der Waals surface area contributed by atoms with Crippen molar-refractivity contribution >= 4 is 10.0 Å². The summed E-state index contributed by atoms with van der Waals surface area (Å²) in [5, 5.41) is 7.38. The molecule has 1 aliphatic rings. The van der Waals surface area contributed by atoms with E-state index in [2.05, 4.69) is 29.0 Å². The third-order valence-electron chi connectivity index (χ3n) is 3.48. The van der Waals surface area contributed by atoms with Gasteiger partial charge in [-0.2, -0.15) is 5.10 Å². The molecule has 0 amide bonds. The Morgan fingerprint density at radius 3 is 2.70 bits per heavy atom. The minimum Gasteiger partial charge on any atom is -0.313 e. The van der Waals surface area contributed by atoms with Gasteiger partial charge in [-0.25, -0.2) is 13.1 Å². The Morgan fingerprint density at radius 2 is 2.10 bits per heavy atom. The average molecular weight is 300 g/mol. The first-order chi connectivity index (χ1) is 9.38. The van der Waals surface area contributed by atoms with Crippen molar-refractivity contribution in [2.24, 2.45) is 5.92 Å². The van der Waals surface area contributed by atoms with Crippen LogP contribution in [0.5, 0.6) is 0 Å². The van der Waals surface area contributed by atoms with Gasteiger partial charge in [0.05, 0.1) is 12.7 Å². The lowest BCUT2D eigenvalue weighted by molar-refractivity contribution is 0.514. The maximum absolute atomic E-state index is 12.2. The van der Waals surface area contributed by atoms with Crippen LogP contribution in [0.4, 0.5) is 0 Å². The normalized spacial score (nSPS) is 17.6. The van der Waals surface area contributed by atoms with Crippen LogP contribution in [0.15, 0.2) is 17.3 Å². The summed E-state index contributed by atoms with van der Waals surface area (Å²) in [7, 11) is -3.44. The molecular weight excluding hydrogens is 276 g/mol. The number of aromatic nitrogens is 2. The molecule has 1 unspecified atom stereocenters. The molecule has 1 aliphatic carbocycles. The highest BCUT2D eigenvalue weighted by Gasteiger charge is 2.31. The zero-order valence-electron chi connectivity index (χ0n) is 12.3. The van der Waals surface area contributed by atoms with Gasteiger partial charge in [0, 0.05) is 24.8 Å². The summed E-state index contributed by atoms with van der Waals surface area (Å²) >= 11 is 0. The Bertz CT molecular complexity index is 534. The molecule has 0 bridgehead atoms. The highest BCUT2D eigenvalue weighted by Crippen LogP contribution is 2.32. The summed E-state index contributed by atoms with van der Waals surface area (Å²) in [6, 6.07) is 0.417. The quantitative estimate of drug-likeness (QED) is 0.750. The fourth-order valence-electron chi connectivity index (χ4n) is 2.08. The molecule has 1 aromatic rings. The number of sulfonamides is 1. The number of nitrogens with one attached hydrogen (secondary N) is 2. The van der Waals surface area contributed by atoms with E-state index >= 15 is 0 Å². The van der Waals surface area contributed by atoms with Crippen molar-refractivity contribution < 1.29 is 8.42 Å². The van der Waals surface area contributed by atoms with Crippen molar-refractivity contribution in [1.29, 1.82) is 0 Å². The molecule has 0 radical (unpaired) electrons. The predicted molar refractivity (Wildman–Crippen MR) is 77.9 cm³/mol. The molecule has 1 fully saturated rings. The van der Waals surface area contributed by atoms with E-state index in [1.54, 1.807) is 10.9 Å². The second-order valence-electron chi connectivity index (χ2n) is 5.80. The zero-order chi connectivity index (χ0) is 14.8. The summed E-state index contributed by atoms with van der Waals surface area (Å²) in [6.07, 6.45) is 5.23. The van der Waals surface area contributed by atoms with Crippen LogP contribution in [-0.2, 0) is 16.6 Å². The van der Waals surface area contributed by atoms with Crippen molar-refractivity contribution in [1.82, 2.24) is 19.8 Å². The minimum atomic E-state index is -3.44. The Morgan fingerprint density at radius 1 is 1.40 bits per heavy atom. The number of nitrogens with zero attached hydrogens (tertiary/aromatic N) is 2. The molecule has 1 aromatic heterocycles. The second kappa shape index (κ2) is 6.24. The first kappa shape index (κ1) is 15.5. The van der Waals surface area contributed by atoms with Crippen molar-refractivity contribution in [3.63, 3.8) is 0 Å². The van der Waals surface area contributed by atoms with E-state index in [0.29, 0.717) is 18.5 Å². The van der Waals surface area contributed by atoms with Gasteiger partial charge in [0.25, 0.3) is 0 Å². The largest absolute Gasteiger partial charge is 0.313 e. The fourth-order valence-corrected chi connectivity index (χ4v) is 3.34. The summed E-state index contributed by atoms with van der Waals surface area (Å²) < 4.78 is 28.8. The fraction of sp³-hybridized carbons (Fsp3) is 0.769. The van der Waals surface area contributed by atoms with Crippen LogP contribution < -0.4 is 10.0 Å². The molecule has 0 saturated heterocycles. The molecule has 0 aromatic carbocycles. The minimum absolute atomic E-state index is 0.00552. The van der Waals surface area contributed by atoms with Crippen molar-refractivity contribution in [2.45, 2.75) is 57.1 Å². The van der Waals surface area contributed by atoms with Gasteiger partial charge in [-0.1, -0.05) is 13.8 Å². The monoisotopic (exact) mass is 300 g/mol. The third-order valence-corrected chi connectivity index (χ3v) is 5.00. The lowest BCUT2D eigenvalue weighted by atomic mass is 10.2. The molecule has 1 atom stereocenters. The van der Waals surface area contributed by atoms with Crippen LogP contribution in [-0.4, -0.2) is 36.8 Å². The predicted octanol–water partition coefficient (Wildman–Crippen LogP) is 0.958. The van der Waals surface area contributed by atoms with E-state index in [1.165, 1.54) is 6.20 Å². The highest BCUT2D eigenvalue weighted by molar-refractivity contribution is 7.89. The van der Waals surface area contributed by atoms with Crippen molar-refractivity contribution in [3.8, 4) is 0 Å². The number of hydrogen-bond acceptors (Lipinski definition) is 4. The van der Waals surface area contributed by atoms with E-state index in [4.69, 9.17) is 0 Å². The van der Waals surface area contributed by atoms with Gasteiger partial charge in [0.15, 0.2) is 0 Å². The summed E-state index contributed by atoms with van der Waals surface area (Å²) in [6.45, 7) is 7.49. The van der Waals surface area contributed by atoms with Gasteiger partial charge >= 0.3 is 0 Å². The second-order valence-corrected chi connectivity index (χ2v) is 7.51. The summed E-state index contributed by atoms with van der Waals surface area (Å²) in [5.74, 6) is 0.495. The lowest BCUT2D eigenvalue weighted by Crippen LogP contribution is -2.33. The molecule has 2 N–H and O–H groups in total. The molecule has 114 valence electrons. The topological polar surface area (TPSA) is 76.0 Å². The van der Waals surface area contributed by atoms with Crippen LogP contribution in [0.1, 0.15) is 33.6 Å². The maximum atomic E-state index is 12.2. The van der Waals surface area contributed by atoms with Gasteiger partial charge in [-0.05, 0) is 25.7 Å². The van der Waals surface area contributed by atoms with Gasteiger partial charge in [-0.15, -0.1) is 0 Å². The van der Waals surface area contributed by atoms with Crippen molar-refractivity contribution in [2.75, 3.05) is 6.54 Å². The average Bonchev–Trinajstić information content (AvgIpc) is 3.08. The highest BCUT2D eigenvalue weighted by atomic mass is 32.2. The molecule has 6 nitrogen and oxygen atoms in total. The zero-order valence-corrected chi connectivity index (χ0v) is 13.2. The van der Waals surface area contributed by atoms with E-state index in [1.807, 2.05) is 6.92 Å². The standard InChI is InChI=1S/C13H24N4O2S/c1-10(2)14-6-7-17-9-13(8-15-17)20(18,19)16-11(3)12-4-5-12/h8-12,14,16H,4-7H2,1-3H3. The molecule has 0 aliphatic heterocycles. The van der Waals surface area contributed by atoms with E-state index in [0.717, 1.165) is 19.4 Å². The lowest BCUT2D eigenvalue weighted by Gasteiger charge is -2.11. The molecule has 1 saturated carbocycles. The Hall–Kier alpha value is -0.920. The summed E-state index contributed by atoms with van der Waals surface area (Å²) in [4.78, 5) is 0.245. The van der Waals surface area contributed by atoms with E-state index < -0.39 is 10.0 Å². The molecule has 0 spiro atoms. The van der Waals surface area contributed by atoms with Crippen LogP contribution in [0, 0.1) is 5.92 Å². The molecule has 2 rings (SSSR count). The van der Waals surface area contributed by atoms with E-state index in [9.17, 15) is 8.42 Å². The van der Waals surface area contributed by atoms with Crippen LogP contribution >= 0.6 is 0 Å². The molecule has 20 heavy (non-hydrogen) atoms. The first-order valence-corrected chi connectivity index (χ1v) is 8.65. The maximum Gasteiger partial charge on any atom is 0.243 e. The Kier molecular flexibility index (Phi) is 4.82. The van der Waals surface area contributed by atoms with E-state index in [-0.39, 0.29) is 10.9 Å². The molecular formula is C13H24N4O2S. The Labute approximate surface area is 121 Å². The van der Waals surface area contributed by atoms with Crippen LogP contribution in [0.2, 0.25) is 0 Å². The smallest absolute Gasteiger partial charge is 0.243 e. The van der Waals surface area contributed by atoms with Gasteiger partial charge in [-0.3, -0.25) is 4.68 Å². The van der Waals surface area contributed by atoms with Crippen molar-refractivity contribution in [3.05, 3.63) is 12.4 Å². The number of hydrogen-bond donors (Lipinski definition) is 2. The SMILES string of the molecule is CC(C)NCCn1cc(S(=O)(=O)NC(C)C2CC2)cn1. The first-order valence-electron chi connectivity index (χ1n) is 7.16.